The first kappa shape index (κ1) is 10.7. The van der Waals surface area contributed by atoms with Crippen LogP contribution in [0.25, 0.3) is 0 Å². The van der Waals surface area contributed by atoms with Crippen LogP contribution in [0, 0.1) is 0 Å². The van der Waals surface area contributed by atoms with Crippen molar-refractivity contribution in [3.05, 3.63) is 35.4 Å². The van der Waals surface area contributed by atoms with E-state index in [1.54, 1.807) is 0 Å². The maximum atomic E-state index is 11.3. The number of amides is 1. The van der Waals surface area contributed by atoms with E-state index >= 15 is 0 Å². The van der Waals surface area contributed by atoms with Gasteiger partial charge in [-0.25, -0.2) is 0 Å². The Bertz CT molecular complexity index is 364. The molecular formula is C12H14BrNO. The highest BCUT2D eigenvalue weighted by atomic mass is 79.9. The summed E-state index contributed by atoms with van der Waals surface area (Å²) in [5.41, 5.74) is 2.67. The number of hydrogen-bond donors (Lipinski definition) is 1. The fourth-order valence-corrected chi connectivity index (χ4v) is 2.30. The standard InChI is InChI=1S/C12H14BrNO/c13-8-12(15)14-11-7-3-5-9-4-1-2-6-10(9)11/h1-2,4,6,11H,3,5,7-8H2,(H,14,15)/t11-/m0/s1. The first-order valence-electron chi connectivity index (χ1n) is 5.24. The zero-order valence-electron chi connectivity index (χ0n) is 8.50. The Morgan fingerprint density at radius 3 is 3.07 bits per heavy atom. The summed E-state index contributed by atoms with van der Waals surface area (Å²) in [7, 11) is 0. The molecule has 1 N–H and O–H groups in total. The molecule has 1 aromatic rings. The van der Waals surface area contributed by atoms with E-state index in [0.717, 1.165) is 19.3 Å². The predicted molar refractivity (Wildman–Crippen MR) is 64.1 cm³/mol. The van der Waals surface area contributed by atoms with Crippen LogP contribution in [0.2, 0.25) is 0 Å². The van der Waals surface area contributed by atoms with Gasteiger partial charge in [-0.2, -0.15) is 0 Å². The molecule has 2 rings (SSSR count). The molecule has 0 heterocycles. The van der Waals surface area contributed by atoms with Crippen LogP contribution in [0.3, 0.4) is 0 Å². The second-order valence-corrected chi connectivity index (χ2v) is 4.41. The van der Waals surface area contributed by atoms with Crippen LogP contribution in [0.5, 0.6) is 0 Å². The topological polar surface area (TPSA) is 29.1 Å². The molecule has 0 bridgehead atoms. The summed E-state index contributed by atoms with van der Waals surface area (Å²) in [6.45, 7) is 0. The molecule has 1 aliphatic rings. The third-order valence-electron chi connectivity index (χ3n) is 2.83. The highest BCUT2D eigenvalue weighted by Crippen LogP contribution is 2.29. The number of aryl methyl sites for hydroxylation is 1. The van der Waals surface area contributed by atoms with Crippen molar-refractivity contribution in [2.45, 2.75) is 25.3 Å². The molecule has 0 saturated carbocycles. The van der Waals surface area contributed by atoms with E-state index in [1.165, 1.54) is 11.1 Å². The Hall–Kier alpha value is -0.830. The Balaban J connectivity index is 2.18. The van der Waals surface area contributed by atoms with Crippen LogP contribution in [-0.2, 0) is 11.2 Å². The summed E-state index contributed by atoms with van der Waals surface area (Å²) < 4.78 is 0. The molecule has 1 aromatic carbocycles. The minimum atomic E-state index is 0.0664. The quantitative estimate of drug-likeness (QED) is 0.821. The molecule has 3 heteroatoms. The maximum absolute atomic E-state index is 11.3. The Kier molecular flexibility index (Phi) is 3.41. The van der Waals surface area contributed by atoms with E-state index in [1.807, 2.05) is 6.07 Å². The number of alkyl halides is 1. The average molecular weight is 268 g/mol. The van der Waals surface area contributed by atoms with Gasteiger partial charge in [-0.3, -0.25) is 4.79 Å². The zero-order valence-corrected chi connectivity index (χ0v) is 10.1. The van der Waals surface area contributed by atoms with Crippen molar-refractivity contribution in [1.29, 1.82) is 0 Å². The van der Waals surface area contributed by atoms with Gasteiger partial charge in [0.1, 0.15) is 0 Å². The third-order valence-corrected chi connectivity index (χ3v) is 3.34. The summed E-state index contributed by atoms with van der Waals surface area (Å²) in [4.78, 5) is 11.3. The molecule has 15 heavy (non-hydrogen) atoms. The molecule has 0 saturated heterocycles. The number of fused-ring (bicyclic) bond motifs is 1. The SMILES string of the molecule is O=C(CBr)N[C@H]1CCCc2ccccc21. The Morgan fingerprint density at radius 1 is 1.47 bits per heavy atom. The Morgan fingerprint density at radius 2 is 2.27 bits per heavy atom. The van der Waals surface area contributed by atoms with Crippen LogP contribution in [0.4, 0.5) is 0 Å². The number of hydrogen-bond acceptors (Lipinski definition) is 1. The number of benzene rings is 1. The molecule has 1 amide bonds. The van der Waals surface area contributed by atoms with Gasteiger partial charge in [0.15, 0.2) is 0 Å². The fourth-order valence-electron chi connectivity index (χ4n) is 2.14. The lowest BCUT2D eigenvalue weighted by molar-refractivity contribution is -0.119. The van der Waals surface area contributed by atoms with Crippen molar-refractivity contribution in [3.63, 3.8) is 0 Å². The van der Waals surface area contributed by atoms with Crippen LogP contribution in [0.1, 0.15) is 30.0 Å². The van der Waals surface area contributed by atoms with Gasteiger partial charge in [0.2, 0.25) is 5.91 Å². The van der Waals surface area contributed by atoms with Crippen LogP contribution in [-0.4, -0.2) is 11.2 Å². The number of halogens is 1. The van der Waals surface area contributed by atoms with Gasteiger partial charge in [0.05, 0.1) is 11.4 Å². The van der Waals surface area contributed by atoms with Crippen LogP contribution < -0.4 is 5.32 Å². The van der Waals surface area contributed by atoms with Crippen molar-refractivity contribution < 1.29 is 4.79 Å². The molecule has 0 fully saturated rings. The second kappa shape index (κ2) is 4.79. The molecule has 0 aliphatic heterocycles. The average Bonchev–Trinajstić information content (AvgIpc) is 2.29. The zero-order chi connectivity index (χ0) is 10.7. The number of carbonyl (C=O) groups is 1. The first-order valence-corrected chi connectivity index (χ1v) is 6.36. The summed E-state index contributed by atoms with van der Waals surface area (Å²) in [5, 5.41) is 3.42. The van der Waals surface area contributed by atoms with Gasteiger partial charge >= 0.3 is 0 Å². The van der Waals surface area contributed by atoms with E-state index in [4.69, 9.17) is 0 Å². The lowest BCUT2D eigenvalue weighted by Crippen LogP contribution is -2.31. The van der Waals surface area contributed by atoms with E-state index in [-0.39, 0.29) is 11.9 Å². The minimum absolute atomic E-state index is 0.0664. The van der Waals surface area contributed by atoms with Gasteiger partial charge in [0, 0.05) is 0 Å². The summed E-state index contributed by atoms with van der Waals surface area (Å²) >= 11 is 3.17. The largest absolute Gasteiger partial charge is 0.349 e. The van der Waals surface area contributed by atoms with Gasteiger partial charge in [-0.15, -0.1) is 0 Å². The minimum Gasteiger partial charge on any atom is -0.349 e. The highest BCUT2D eigenvalue weighted by molar-refractivity contribution is 9.09. The van der Waals surface area contributed by atoms with Crippen LogP contribution >= 0.6 is 15.9 Å². The predicted octanol–water partition coefficient (Wildman–Crippen LogP) is 2.58. The molecule has 2 nitrogen and oxygen atoms in total. The van der Waals surface area contributed by atoms with Gasteiger partial charge in [-0.1, -0.05) is 40.2 Å². The second-order valence-electron chi connectivity index (χ2n) is 3.84. The molecular weight excluding hydrogens is 254 g/mol. The monoisotopic (exact) mass is 267 g/mol. The fraction of sp³-hybridized carbons (Fsp3) is 0.417. The molecule has 0 spiro atoms. The molecule has 1 aliphatic carbocycles. The molecule has 0 unspecified atom stereocenters. The van der Waals surface area contributed by atoms with E-state index in [2.05, 4.69) is 39.4 Å². The molecule has 0 radical (unpaired) electrons. The Labute approximate surface area is 98.2 Å². The van der Waals surface area contributed by atoms with Gasteiger partial charge in [-0.05, 0) is 30.4 Å². The highest BCUT2D eigenvalue weighted by Gasteiger charge is 2.20. The molecule has 0 aromatic heterocycles. The number of nitrogens with one attached hydrogen (secondary N) is 1. The summed E-state index contributed by atoms with van der Waals surface area (Å²) in [6.07, 6.45) is 3.34. The van der Waals surface area contributed by atoms with E-state index in [9.17, 15) is 4.79 Å². The van der Waals surface area contributed by atoms with Crippen molar-refractivity contribution in [2.75, 3.05) is 5.33 Å². The molecule has 1 atom stereocenters. The lowest BCUT2D eigenvalue weighted by atomic mass is 9.88. The van der Waals surface area contributed by atoms with Crippen molar-refractivity contribution >= 4 is 21.8 Å². The third kappa shape index (κ3) is 2.40. The van der Waals surface area contributed by atoms with E-state index in [0.29, 0.717) is 5.33 Å². The lowest BCUT2D eigenvalue weighted by Gasteiger charge is -2.26. The first-order chi connectivity index (χ1) is 7.31. The van der Waals surface area contributed by atoms with Crippen molar-refractivity contribution in [3.8, 4) is 0 Å². The maximum Gasteiger partial charge on any atom is 0.231 e. The van der Waals surface area contributed by atoms with Crippen molar-refractivity contribution in [1.82, 2.24) is 5.32 Å². The summed E-state index contributed by atoms with van der Waals surface area (Å²) in [5.74, 6) is 0.0664. The van der Waals surface area contributed by atoms with E-state index < -0.39 is 0 Å². The molecule has 80 valence electrons. The smallest absolute Gasteiger partial charge is 0.231 e. The van der Waals surface area contributed by atoms with Gasteiger partial charge in [0.25, 0.3) is 0 Å². The van der Waals surface area contributed by atoms with Crippen LogP contribution in [0.15, 0.2) is 24.3 Å². The number of rotatable bonds is 2. The summed E-state index contributed by atoms with van der Waals surface area (Å²) in [6, 6.07) is 8.58. The normalized spacial score (nSPS) is 19.4. The van der Waals surface area contributed by atoms with Gasteiger partial charge < -0.3 is 5.32 Å². The number of carbonyl (C=O) groups excluding carboxylic acids is 1. The van der Waals surface area contributed by atoms with Crippen molar-refractivity contribution in [2.24, 2.45) is 0 Å².